The molecule has 0 saturated heterocycles. The van der Waals surface area contributed by atoms with Crippen molar-refractivity contribution in [3.63, 3.8) is 0 Å². The lowest BCUT2D eigenvalue weighted by molar-refractivity contribution is -0.139. The van der Waals surface area contributed by atoms with Crippen LogP contribution in [-0.2, 0) is 29.0 Å². The van der Waals surface area contributed by atoms with Gasteiger partial charge in [-0.1, -0.05) is 30.7 Å². The van der Waals surface area contributed by atoms with Crippen LogP contribution in [0.15, 0.2) is 30.3 Å². The summed E-state index contributed by atoms with van der Waals surface area (Å²) in [5, 5.41) is 0.579. The summed E-state index contributed by atoms with van der Waals surface area (Å²) in [5.74, 6) is 1.02. The highest BCUT2D eigenvalue weighted by atomic mass is 35.5. The maximum Gasteiger partial charge on any atom is 0.309 e. The van der Waals surface area contributed by atoms with Gasteiger partial charge >= 0.3 is 5.97 Å². The van der Waals surface area contributed by atoms with Gasteiger partial charge in [-0.3, -0.25) is 4.79 Å². The average Bonchev–Trinajstić information content (AvgIpc) is 2.63. The third-order valence-corrected chi connectivity index (χ3v) is 4.53. The summed E-state index contributed by atoms with van der Waals surface area (Å²) >= 11 is 6.36. The third-order valence-electron chi connectivity index (χ3n) is 4.24. The molecule has 5 heteroatoms. The number of rotatable bonds is 8. The first-order valence-electron chi connectivity index (χ1n) is 8.72. The van der Waals surface area contributed by atoms with Gasteiger partial charge < -0.3 is 14.2 Å². The topological polar surface area (TPSA) is 44.8 Å². The summed E-state index contributed by atoms with van der Waals surface area (Å²) in [6.07, 6.45) is 1.08. The number of methoxy groups -OCH3 is 1. The van der Waals surface area contributed by atoms with E-state index in [9.17, 15) is 4.79 Å². The van der Waals surface area contributed by atoms with Crippen LogP contribution in [0.3, 0.4) is 0 Å². The standard InChI is InChI=1S/C21H25ClO4/c1-5-15-11-18(22)20(10-14(15)3)26-13-17-16(12-21(23)24-4)8-7-9-19(17)25-6-2/h7-11H,5-6,12-13H2,1-4H3. The Kier molecular flexibility index (Phi) is 7.34. The summed E-state index contributed by atoms with van der Waals surface area (Å²) < 4.78 is 16.5. The highest BCUT2D eigenvalue weighted by Gasteiger charge is 2.15. The van der Waals surface area contributed by atoms with Gasteiger partial charge in [0.2, 0.25) is 0 Å². The highest BCUT2D eigenvalue weighted by Crippen LogP contribution is 2.31. The first-order chi connectivity index (χ1) is 12.5. The molecule has 0 saturated carbocycles. The van der Waals surface area contributed by atoms with Crippen molar-refractivity contribution in [3.05, 3.63) is 57.6 Å². The van der Waals surface area contributed by atoms with Crippen LogP contribution in [0.25, 0.3) is 0 Å². The van der Waals surface area contributed by atoms with Crippen molar-refractivity contribution in [3.8, 4) is 11.5 Å². The lowest BCUT2D eigenvalue weighted by Gasteiger charge is -2.17. The number of ether oxygens (including phenoxy) is 3. The summed E-state index contributed by atoms with van der Waals surface area (Å²) in [6.45, 7) is 6.84. The second-order valence-electron chi connectivity index (χ2n) is 5.93. The largest absolute Gasteiger partial charge is 0.493 e. The Morgan fingerprint density at radius 1 is 1.08 bits per heavy atom. The molecule has 0 radical (unpaired) electrons. The molecule has 0 aliphatic carbocycles. The van der Waals surface area contributed by atoms with Gasteiger partial charge in [0.25, 0.3) is 0 Å². The zero-order valence-electron chi connectivity index (χ0n) is 15.7. The Morgan fingerprint density at radius 3 is 2.50 bits per heavy atom. The van der Waals surface area contributed by atoms with Gasteiger partial charge in [0.05, 0.1) is 25.2 Å². The summed E-state index contributed by atoms with van der Waals surface area (Å²) in [5.41, 5.74) is 3.98. The molecule has 0 aliphatic rings. The monoisotopic (exact) mass is 376 g/mol. The van der Waals surface area contributed by atoms with Crippen LogP contribution in [0.5, 0.6) is 11.5 Å². The van der Waals surface area contributed by atoms with E-state index in [1.165, 1.54) is 12.7 Å². The fraction of sp³-hybridized carbons (Fsp3) is 0.381. The van der Waals surface area contributed by atoms with E-state index in [0.29, 0.717) is 23.1 Å². The van der Waals surface area contributed by atoms with Gasteiger partial charge in [0.15, 0.2) is 0 Å². The second kappa shape index (κ2) is 9.48. The van der Waals surface area contributed by atoms with E-state index >= 15 is 0 Å². The molecule has 0 spiro atoms. The molecule has 0 amide bonds. The number of aryl methyl sites for hydroxylation is 2. The van der Waals surface area contributed by atoms with Crippen LogP contribution < -0.4 is 9.47 Å². The molecule has 0 fully saturated rings. The Hall–Kier alpha value is -2.20. The number of carbonyl (C=O) groups excluding carboxylic acids is 1. The van der Waals surface area contributed by atoms with Crippen LogP contribution in [0.4, 0.5) is 0 Å². The van der Waals surface area contributed by atoms with E-state index in [1.54, 1.807) is 0 Å². The van der Waals surface area contributed by atoms with Gasteiger partial charge in [-0.2, -0.15) is 0 Å². The molecule has 0 unspecified atom stereocenters. The first-order valence-corrected chi connectivity index (χ1v) is 9.10. The van der Waals surface area contributed by atoms with Gasteiger partial charge in [-0.15, -0.1) is 0 Å². The van der Waals surface area contributed by atoms with Crippen molar-refractivity contribution < 1.29 is 19.0 Å². The molecule has 2 rings (SSSR count). The van der Waals surface area contributed by atoms with E-state index < -0.39 is 0 Å². The Labute approximate surface area is 160 Å². The van der Waals surface area contributed by atoms with Crippen molar-refractivity contribution in [1.82, 2.24) is 0 Å². The van der Waals surface area contributed by atoms with Crippen LogP contribution in [0, 0.1) is 6.92 Å². The Balaban J connectivity index is 2.30. The van der Waals surface area contributed by atoms with E-state index in [-0.39, 0.29) is 19.0 Å². The van der Waals surface area contributed by atoms with Gasteiger partial charge in [0.1, 0.15) is 18.1 Å². The van der Waals surface area contributed by atoms with Gasteiger partial charge in [-0.25, -0.2) is 0 Å². The van der Waals surface area contributed by atoms with Crippen molar-refractivity contribution in [2.75, 3.05) is 13.7 Å². The summed E-state index contributed by atoms with van der Waals surface area (Å²) in [4.78, 5) is 11.7. The molecule has 0 heterocycles. The average molecular weight is 377 g/mol. The fourth-order valence-electron chi connectivity index (χ4n) is 2.80. The molecule has 140 valence electrons. The van der Waals surface area contributed by atoms with E-state index in [1.807, 2.05) is 44.2 Å². The summed E-state index contributed by atoms with van der Waals surface area (Å²) in [7, 11) is 1.38. The van der Waals surface area contributed by atoms with Crippen molar-refractivity contribution >= 4 is 17.6 Å². The number of halogens is 1. The summed E-state index contributed by atoms with van der Waals surface area (Å²) in [6, 6.07) is 9.50. The van der Waals surface area contributed by atoms with Crippen LogP contribution in [-0.4, -0.2) is 19.7 Å². The van der Waals surface area contributed by atoms with Gasteiger partial charge in [-0.05, 0) is 55.2 Å². The first kappa shape index (κ1) is 20.1. The molecule has 26 heavy (non-hydrogen) atoms. The lowest BCUT2D eigenvalue weighted by atomic mass is 10.0. The molecule has 0 aromatic heterocycles. The van der Waals surface area contributed by atoms with Crippen molar-refractivity contribution in [1.29, 1.82) is 0 Å². The third kappa shape index (κ3) is 4.92. The van der Waals surface area contributed by atoms with E-state index in [4.69, 9.17) is 25.8 Å². The molecule has 0 bridgehead atoms. The minimum Gasteiger partial charge on any atom is -0.493 e. The van der Waals surface area contributed by atoms with Crippen LogP contribution in [0.1, 0.15) is 36.1 Å². The molecule has 0 N–H and O–H groups in total. The molecule has 2 aromatic rings. The zero-order chi connectivity index (χ0) is 19.1. The van der Waals surface area contributed by atoms with Crippen molar-refractivity contribution in [2.24, 2.45) is 0 Å². The number of hydrogen-bond acceptors (Lipinski definition) is 4. The highest BCUT2D eigenvalue weighted by molar-refractivity contribution is 6.32. The SMILES string of the molecule is CCOc1cccc(CC(=O)OC)c1COc1cc(C)c(CC)cc1Cl. The smallest absolute Gasteiger partial charge is 0.309 e. The predicted octanol–water partition coefficient (Wildman–Crippen LogP) is 4.90. The number of benzene rings is 2. The lowest BCUT2D eigenvalue weighted by Crippen LogP contribution is -2.10. The predicted molar refractivity (Wildman–Crippen MR) is 103 cm³/mol. The van der Waals surface area contributed by atoms with Crippen LogP contribution >= 0.6 is 11.6 Å². The van der Waals surface area contributed by atoms with Crippen molar-refractivity contribution in [2.45, 2.75) is 40.2 Å². The molecule has 0 atom stereocenters. The van der Waals surface area contributed by atoms with Crippen LogP contribution in [0.2, 0.25) is 5.02 Å². The molecule has 2 aromatic carbocycles. The molecular formula is C21H25ClO4. The molecule has 4 nitrogen and oxygen atoms in total. The van der Waals surface area contributed by atoms with E-state index in [2.05, 4.69) is 6.92 Å². The zero-order valence-corrected chi connectivity index (χ0v) is 16.5. The Morgan fingerprint density at radius 2 is 1.85 bits per heavy atom. The maximum atomic E-state index is 11.7. The minimum absolute atomic E-state index is 0.164. The molecular weight excluding hydrogens is 352 g/mol. The molecule has 0 aliphatic heterocycles. The fourth-order valence-corrected chi connectivity index (χ4v) is 3.04. The second-order valence-corrected chi connectivity index (χ2v) is 6.34. The number of hydrogen-bond donors (Lipinski definition) is 0. The maximum absolute atomic E-state index is 11.7. The Bertz CT molecular complexity index is 771. The number of carbonyl (C=O) groups is 1. The van der Waals surface area contributed by atoms with Gasteiger partial charge in [0, 0.05) is 5.56 Å². The quantitative estimate of drug-likeness (QED) is 0.614. The minimum atomic E-state index is -0.305. The van der Waals surface area contributed by atoms with E-state index in [0.717, 1.165) is 23.1 Å². The normalized spacial score (nSPS) is 10.5. The number of esters is 1.